The number of nitrogens with zero attached hydrogens (tertiary/aromatic N) is 2. The molecule has 0 spiro atoms. The summed E-state index contributed by atoms with van der Waals surface area (Å²) in [6.07, 6.45) is -5.31. The highest BCUT2D eigenvalue weighted by molar-refractivity contribution is 9.10. The Morgan fingerprint density at radius 3 is 2.33 bits per heavy atom. The normalized spacial score (nSPS) is 17.0. The number of piperazine rings is 1. The summed E-state index contributed by atoms with van der Waals surface area (Å²) in [6.45, 7) is 2.48. The van der Waals surface area contributed by atoms with Gasteiger partial charge in [-0.3, -0.25) is 4.90 Å². The second kappa shape index (κ2) is 6.23. The molecule has 1 aliphatic rings. The summed E-state index contributed by atoms with van der Waals surface area (Å²) in [5.41, 5.74) is 0.0700. The molecule has 0 bridgehead atoms. The fourth-order valence-electron chi connectivity index (χ4n) is 2.24. The van der Waals surface area contributed by atoms with Crippen molar-refractivity contribution in [3.8, 4) is 0 Å². The number of amides is 1. The first-order valence-corrected chi connectivity index (χ1v) is 7.12. The molecule has 0 radical (unpaired) electrons. The van der Waals surface area contributed by atoms with Crippen LogP contribution in [-0.4, -0.2) is 47.2 Å². The van der Waals surface area contributed by atoms with Gasteiger partial charge in [0.1, 0.15) is 0 Å². The molecule has 0 saturated carbocycles. The summed E-state index contributed by atoms with van der Waals surface area (Å²) in [5, 5.41) is 8.85. The highest BCUT2D eigenvalue weighted by atomic mass is 79.9. The van der Waals surface area contributed by atoms with Crippen LogP contribution in [0, 0.1) is 0 Å². The molecule has 2 rings (SSSR count). The molecule has 1 N–H and O–H groups in total. The SMILES string of the molecule is O=C(O)N1CCN(Cc2ccc(C(F)(F)F)c(Br)c2)CC1. The van der Waals surface area contributed by atoms with Crippen LogP contribution < -0.4 is 0 Å². The Hall–Kier alpha value is -1.28. The molecule has 8 heteroatoms. The van der Waals surface area contributed by atoms with Crippen LogP contribution in [-0.2, 0) is 12.7 Å². The fourth-order valence-corrected chi connectivity index (χ4v) is 2.89. The van der Waals surface area contributed by atoms with E-state index in [4.69, 9.17) is 5.11 Å². The average Bonchev–Trinajstić information content (AvgIpc) is 2.37. The Morgan fingerprint density at radius 1 is 1.24 bits per heavy atom. The van der Waals surface area contributed by atoms with Crippen molar-refractivity contribution in [1.82, 2.24) is 9.80 Å². The largest absolute Gasteiger partial charge is 0.465 e. The third-order valence-corrected chi connectivity index (χ3v) is 4.04. The van der Waals surface area contributed by atoms with Crippen LogP contribution in [0.4, 0.5) is 18.0 Å². The Kier molecular flexibility index (Phi) is 4.77. The van der Waals surface area contributed by atoms with Gasteiger partial charge in [-0.1, -0.05) is 22.0 Å². The summed E-state index contributed by atoms with van der Waals surface area (Å²) in [4.78, 5) is 14.1. The van der Waals surface area contributed by atoms with E-state index in [0.29, 0.717) is 32.7 Å². The van der Waals surface area contributed by atoms with Gasteiger partial charge in [-0.05, 0) is 17.7 Å². The molecule has 116 valence electrons. The summed E-state index contributed by atoms with van der Waals surface area (Å²) >= 11 is 2.95. The highest BCUT2D eigenvalue weighted by Crippen LogP contribution is 2.35. The molecule has 1 amide bonds. The van der Waals surface area contributed by atoms with Crippen LogP contribution in [0.5, 0.6) is 0 Å². The lowest BCUT2D eigenvalue weighted by Gasteiger charge is -2.33. The number of alkyl halides is 3. The minimum Gasteiger partial charge on any atom is -0.465 e. The number of benzene rings is 1. The zero-order valence-corrected chi connectivity index (χ0v) is 12.6. The molecule has 1 fully saturated rings. The van der Waals surface area contributed by atoms with Crippen LogP contribution in [0.3, 0.4) is 0 Å². The van der Waals surface area contributed by atoms with Gasteiger partial charge in [0, 0.05) is 37.2 Å². The number of carboxylic acid groups (broad SMARTS) is 1. The topological polar surface area (TPSA) is 43.8 Å². The second-order valence-electron chi connectivity index (χ2n) is 4.86. The molecule has 21 heavy (non-hydrogen) atoms. The van der Waals surface area contributed by atoms with Crippen LogP contribution in [0.15, 0.2) is 22.7 Å². The van der Waals surface area contributed by atoms with E-state index in [1.54, 1.807) is 0 Å². The monoisotopic (exact) mass is 366 g/mol. The summed E-state index contributed by atoms with van der Waals surface area (Å²) in [6, 6.07) is 3.98. The van der Waals surface area contributed by atoms with Crippen molar-refractivity contribution in [3.63, 3.8) is 0 Å². The van der Waals surface area contributed by atoms with Crippen molar-refractivity contribution < 1.29 is 23.1 Å². The van der Waals surface area contributed by atoms with Crippen LogP contribution in [0.25, 0.3) is 0 Å². The first kappa shape index (κ1) is 16.1. The molecule has 0 atom stereocenters. The van der Waals surface area contributed by atoms with Crippen molar-refractivity contribution >= 4 is 22.0 Å². The van der Waals surface area contributed by atoms with E-state index in [1.165, 1.54) is 17.0 Å². The highest BCUT2D eigenvalue weighted by Gasteiger charge is 2.32. The van der Waals surface area contributed by atoms with Crippen molar-refractivity contribution in [2.75, 3.05) is 26.2 Å². The van der Waals surface area contributed by atoms with Gasteiger partial charge in [-0.2, -0.15) is 13.2 Å². The first-order valence-electron chi connectivity index (χ1n) is 6.33. The molecular weight excluding hydrogens is 353 g/mol. The predicted molar refractivity (Wildman–Crippen MR) is 74.0 cm³/mol. The molecule has 4 nitrogen and oxygen atoms in total. The van der Waals surface area contributed by atoms with E-state index in [-0.39, 0.29) is 4.47 Å². The number of hydrogen-bond donors (Lipinski definition) is 1. The van der Waals surface area contributed by atoms with Crippen molar-refractivity contribution in [3.05, 3.63) is 33.8 Å². The van der Waals surface area contributed by atoms with E-state index < -0.39 is 17.8 Å². The molecule has 1 saturated heterocycles. The summed E-state index contributed by atoms with van der Waals surface area (Å²) in [7, 11) is 0. The van der Waals surface area contributed by atoms with Crippen LogP contribution in [0.1, 0.15) is 11.1 Å². The zero-order chi connectivity index (χ0) is 15.6. The molecule has 0 aliphatic carbocycles. The number of rotatable bonds is 2. The lowest BCUT2D eigenvalue weighted by molar-refractivity contribution is -0.138. The maximum atomic E-state index is 12.7. The van der Waals surface area contributed by atoms with E-state index in [2.05, 4.69) is 15.9 Å². The first-order chi connectivity index (χ1) is 9.77. The van der Waals surface area contributed by atoms with Crippen LogP contribution in [0.2, 0.25) is 0 Å². The minimum absolute atomic E-state index is 0.0247. The maximum Gasteiger partial charge on any atom is 0.417 e. The molecule has 1 aliphatic heterocycles. The van der Waals surface area contributed by atoms with Crippen LogP contribution >= 0.6 is 15.9 Å². The van der Waals surface area contributed by atoms with Gasteiger partial charge in [0.2, 0.25) is 0 Å². The van der Waals surface area contributed by atoms with Gasteiger partial charge in [-0.15, -0.1) is 0 Å². The fraction of sp³-hybridized carbons (Fsp3) is 0.462. The molecule has 1 heterocycles. The quantitative estimate of drug-likeness (QED) is 0.873. The molecule has 0 unspecified atom stereocenters. The van der Waals surface area contributed by atoms with Gasteiger partial charge in [0.15, 0.2) is 0 Å². The van der Waals surface area contributed by atoms with Gasteiger partial charge in [0.05, 0.1) is 5.56 Å². The summed E-state index contributed by atoms with van der Waals surface area (Å²) < 4.78 is 38.0. The van der Waals surface area contributed by atoms with E-state index in [9.17, 15) is 18.0 Å². The maximum absolute atomic E-state index is 12.7. The van der Waals surface area contributed by atoms with Crippen molar-refractivity contribution in [2.45, 2.75) is 12.7 Å². The summed E-state index contributed by atoms with van der Waals surface area (Å²) in [5.74, 6) is 0. The Morgan fingerprint density at radius 2 is 1.86 bits per heavy atom. The zero-order valence-electron chi connectivity index (χ0n) is 11.0. The van der Waals surface area contributed by atoms with Crippen molar-refractivity contribution in [1.29, 1.82) is 0 Å². The third-order valence-electron chi connectivity index (χ3n) is 3.39. The van der Waals surface area contributed by atoms with E-state index in [1.807, 2.05) is 4.90 Å². The number of hydrogen-bond acceptors (Lipinski definition) is 2. The molecule has 1 aromatic carbocycles. The Balaban J connectivity index is 1.99. The van der Waals surface area contributed by atoms with Crippen molar-refractivity contribution in [2.24, 2.45) is 0 Å². The van der Waals surface area contributed by atoms with Gasteiger partial charge in [0.25, 0.3) is 0 Å². The smallest absolute Gasteiger partial charge is 0.417 e. The second-order valence-corrected chi connectivity index (χ2v) is 5.71. The van der Waals surface area contributed by atoms with Gasteiger partial charge in [-0.25, -0.2) is 4.79 Å². The minimum atomic E-state index is -4.37. The standard InChI is InChI=1S/C13H14BrF3N2O2/c14-11-7-9(1-2-10(11)13(15,16)17)8-18-3-5-19(6-4-18)12(20)21/h1-2,7H,3-6,8H2,(H,20,21). The molecule has 0 aromatic heterocycles. The van der Waals surface area contributed by atoms with E-state index >= 15 is 0 Å². The van der Waals surface area contributed by atoms with E-state index in [0.717, 1.165) is 11.6 Å². The molecule has 1 aromatic rings. The lowest BCUT2D eigenvalue weighted by Crippen LogP contribution is -2.47. The lowest BCUT2D eigenvalue weighted by atomic mass is 10.1. The number of halogens is 4. The Labute approximate surface area is 128 Å². The third kappa shape index (κ3) is 4.10. The van der Waals surface area contributed by atoms with Gasteiger partial charge >= 0.3 is 12.3 Å². The average molecular weight is 367 g/mol. The number of carbonyl (C=O) groups is 1. The Bertz CT molecular complexity index is 529. The predicted octanol–water partition coefficient (Wildman–Crippen LogP) is 3.26. The van der Waals surface area contributed by atoms with Gasteiger partial charge < -0.3 is 10.0 Å². The molecular formula is C13H14BrF3N2O2.